The van der Waals surface area contributed by atoms with Gasteiger partial charge in [0.1, 0.15) is 5.82 Å². The molecule has 7 nitrogen and oxygen atoms in total. The van der Waals surface area contributed by atoms with E-state index in [1.54, 1.807) is 12.1 Å². The molecule has 0 spiro atoms. The van der Waals surface area contributed by atoms with Gasteiger partial charge in [0, 0.05) is 37.7 Å². The Morgan fingerprint density at radius 1 is 1.12 bits per heavy atom. The summed E-state index contributed by atoms with van der Waals surface area (Å²) in [5, 5.41) is 7.89. The van der Waals surface area contributed by atoms with Gasteiger partial charge in [0.15, 0.2) is 0 Å². The molecule has 0 N–H and O–H groups in total. The largest absolute Gasteiger partial charge is 0.328 e. The van der Waals surface area contributed by atoms with Crippen LogP contribution in [0.3, 0.4) is 0 Å². The SMILES string of the molecule is O=C1C(=O)N(C2=C=CC2)CCN1Cc1ccc(-n2nccn2)cc1F. The van der Waals surface area contributed by atoms with E-state index in [1.165, 1.54) is 33.1 Å². The number of amides is 2. The van der Waals surface area contributed by atoms with Gasteiger partial charge in [0.25, 0.3) is 0 Å². The zero-order chi connectivity index (χ0) is 17.4. The van der Waals surface area contributed by atoms with Crippen molar-refractivity contribution in [3.05, 3.63) is 59.5 Å². The molecule has 0 saturated carbocycles. The third-order valence-electron chi connectivity index (χ3n) is 4.25. The van der Waals surface area contributed by atoms with Gasteiger partial charge in [0.05, 0.1) is 23.8 Å². The van der Waals surface area contributed by atoms with Crippen molar-refractivity contribution >= 4 is 11.8 Å². The molecule has 1 fully saturated rings. The minimum absolute atomic E-state index is 0.0476. The Hall–Kier alpha value is -3.25. The second-order valence-corrected chi connectivity index (χ2v) is 5.78. The van der Waals surface area contributed by atoms with Crippen molar-refractivity contribution in [3.63, 3.8) is 0 Å². The van der Waals surface area contributed by atoms with Gasteiger partial charge in [-0.2, -0.15) is 15.0 Å². The van der Waals surface area contributed by atoms with Crippen LogP contribution in [0.15, 0.2) is 48.1 Å². The second kappa shape index (κ2) is 5.99. The summed E-state index contributed by atoms with van der Waals surface area (Å²) >= 11 is 0. The molecule has 1 aromatic heterocycles. The van der Waals surface area contributed by atoms with Gasteiger partial charge in [0.2, 0.25) is 0 Å². The Kier molecular flexibility index (Phi) is 3.66. The van der Waals surface area contributed by atoms with Crippen molar-refractivity contribution in [2.75, 3.05) is 13.1 Å². The van der Waals surface area contributed by atoms with E-state index in [2.05, 4.69) is 15.9 Å². The average molecular weight is 339 g/mol. The summed E-state index contributed by atoms with van der Waals surface area (Å²) in [4.78, 5) is 28.6. The summed E-state index contributed by atoms with van der Waals surface area (Å²) in [5.74, 6) is -1.67. The van der Waals surface area contributed by atoms with Crippen LogP contribution in [0.1, 0.15) is 12.0 Å². The number of hydrogen-bond donors (Lipinski definition) is 0. The number of benzene rings is 1. The Balaban J connectivity index is 1.50. The second-order valence-electron chi connectivity index (χ2n) is 5.78. The van der Waals surface area contributed by atoms with E-state index < -0.39 is 17.6 Å². The van der Waals surface area contributed by atoms with E-state index in [4.69, 9.17) is 0 Å². The van der Waals surface area contributed by atoms with E-state index in [1.807, 2.05) is 6.08 Å². The van der Waals surface area contributed by atoms with Crippen molar-refractivity contribution in [1.82, 2.24) is 24.8 Å². The van der Waals surface area contributed by atoms with E-state index in [0.29, 0.717) is 30.8 Å². The molecule has 0 bridgehead atoms. The maximum absolute atomic E-state index is 14.4. The molecule has 2 amide bonds. The smallest absolute Gasteiger partial charge is 0.316 e. The highest BCUT2D eigenvalue weighted by atomic mass is 19.1. The summed E-state index contributed by atoms with van der Waals surface area (Å²) in [6.07, 6.45) is 5.46. The van der Waals surface area contributed by atoms with Crippen LogP contribution in [0.5, 0.6) is 0 Å². The number of aromatic nitrogens is 3. The zero-order valence-corrected chi connectivity index (χ0v) is 13.2. The van der Waals surface area contributed by atoms with Crippen LogP contribution in [-0.2, 0) is 16.1 Å². The fourth-order valence-electron chi connectivity index (χ4n) is 2.81. The first-order chi connectivity index (χ1) is 12.1. The lowest BCUT2D eigenvalue weighted by Gasteiger charge is -2.35. The molecule has 2 heterocycles. The molecule has 1 saturated heterocycles. The Morgan fingerprint density at radius 2 is 1.88 bits per heavy atom. The highest BCUT2D eigenvalue weighted by Gasteiger charge is 2.35. The Bertz CT molecular complexity index is 915. The third kappa shape index (κ3) is 2.72. The molecule has 126 valence electrons. The lowest BCUT2D eigenvalue weighted by Crippen LogP contribution is -2.53. The van der Waals surface area contributed by atoms with Crippen molar-refractivity contribution in [3.8, 4) is 5.69 Å². The summed E-state index contributed by atoms with van der Waals surface area (Å²) in [6, 6.07) is 4.56. The van der Waals surface area contributed by atoms with E-state index in [-0.39, 0.29) is 6.54 Å². The van der Waals surface area contributed by atoms with Crippen LogP contribution >= 0.6 is 0 Å². The molecule has 1 aromatic carbocycles. The van der Waals surface area contributed by atoms with E-state index in [9.17, 15) is 14.0 Å². The number of rotatable bonds is 4. The minimum Gasteiger partial charge on any atom is -0.328 e. The van der Waals surface area contributed by atoms with Gasteiger partial charge in [-0.3, -0.25) is 14.5 Å². The van der Waals surface area contributed by atoms with E-state index in [0.717, 1.165) is 5.70 Å². The number of halogens is 1. The average Bonchev–Trinajstić information content (AvgIpc) is 3.09. The van der Waals surface area contributed by atoms with Gasteiger partial charge in [-0.05, 0) is 12.1 Å². The van der Waals surface area contributed by atoms with Crippen molar-refractivity contribution in [1.29, 1.82) is 0 Å². The lowest BCUT2D eigenvalue weighted by molar-refractivity contribution is -0.155. The molecular formula is C17H14FN5O2. The van der Waals surface area contributed by atoms with Crippen LogP contribution < -0.4 is 0 Å². The number of carbonyl (C=O) groups is 2. The van der Waals surface area contributed by atoms with Crippen LogP contribution in [0, 0.1) is 5.82 Å². The standard InChI is InChI=1S/C17H14FN5O2/c18-15-10-14(23-19-6-7-20-23)5-4-12(15)11-21-8-9-22(13-2-1-3-13)17(25)16(21)24/h1,4-7,10H,2,8-9,11H2. The van der Waals surface area contributed by atoms with Crippen molar-refractivity contribution in [2.24, 2.45) is 0 Å². The number of nitrogens with zero attached hydrogens (tertiary/aromatic N) is 5. The Labute approximate surface area is 142 Å². The molecule has 2 aliphatic rings. The first-order valence-corrected chi connectivity index (χ1v) is 7.83. The van der Waals surface area contributed by atoms with Gasteiger partial charge in [-0.1, -0.05) is 6.07 Å². The molecule has 0 radical (unpaired) electrons. The van der Waals surface area contributed by atoms with Crippen molar-refractivity contribution in [2.45, 2.75) is 13.0 Å². The topological polar surface area (TPSA) is 71.3 Å². The highest BCUT2D eigenvalue weighted by Crippen LogP contribution is 2.21. The third-order valence-corrected chi connectivity index (χ3v) is 4.25. The first-order valence-electron chi connectivity index (χ1n) is 7.83. The fraction of sp³-hybridized carbons (Fsp3) is 0.235. The molecule has 2 aromatic rings. The highest BCUT2D eigenvalue weighted by molar-refractivity contribution is 6.35. The van der Waals surface area contributed by atoms with Gasteiger partial charge >= 0.3 is 11.8 Å². The number of carbonyl (C=O) groups excluding carboxylic acids is 2. The Morgan fingerprint density at radius 3 is 2.52 bits per heavy atom. The quantitative estimate of drug-likeness (QED) is 0.616. The predicted octanol–water partition coefficient (Wildman–Crippen LogP) is 1.02. The summed E-state index contributed by atoms with van der Waals surface area (Å²) in [6.45, 7) is 0.807. The normalized spacial score (nSPS) is 16.9. The maximum atomic E-state index is 14.4. The van der Waals surface area contributed by atoms with Crippen LogP contribution in [0.2, 0.25) is 0 Å². The molecule has 1 aliphatic heterocycles. The monoisotopic (exact) mass is 339 g/mol. The fourth-order valence-corrected chi connectivity index (χ4v) is 2.81. The molecule has 8 heteroatoms. The van der Waals surface area contributed by atoms with Gasteiger partial charge < -0.3 is 4.90 Å². The molecule has 25 heavy (non-hydrogen) atoms. The number of piperazine rings is 1. The molecular weight excluding hydrogens is 325 g/mol. The van der Waals surface area contributed by atoms with Crippen LogP contribution in [-0.4, -0.2) is 49.7 Å². The lowest BCUT2D eigenvalue weighted by atomic mass is 10.1. The summed E-state index contributed by atoms with van der Waals surface area (Å²) in [7, 11) is 0. The molecule has 4 rings (SSSR count). The van der Waals surface area contributed by atoms with E-state index >= 15 is 0 Å². The van der Waals surface area contributed by atoms with Gasteiger partial charge in [-0.15, -0.1) is 5.73 Å². The summed E-state index contributed by atoms with van der Waals surface area (Å²) < 4.78 is 14.4. The van der Waals surface area contributed by atoms with Crippen LogP contribution in [0.4, 0.5) is 4.39 Å². The minimum atomic E-state index is -0.621. The number of hydrogen-bond acceptors (Lipinski definition) is 4. The molecule has 0 unspecified atom stereocenters. The predicted molar refractivity (Wildman–Crippen MR) is 84.7 cm³/mol. The van der Waals surface area contributed by atoms with Gasteiger partial charge in [-0.25, -0.2) is 4.39 Å². The maximum Gasteiger partial charge on any atom is 0.316 e. The van der Waals surface area contributed by atoms with Crippen molar-refractivity contribution < 1.29 is 14.0 Å². The zero-order valence-electron chi connectivity index (χ0n) is 13.2. The summed E-state index contributed by atoms with van der Waals surface area (Å²) in [5.41, 5.74) is 4.48. The first kappa shape index (κ1) is 15.3. The van der Waals surface area contributed by atoms with Crippen LogP contribution in [0.25, 0.3) is 5.69 Å². The molecule has 1 aliphatic carbocycles. The molecule has 0 atom stereocenters.